The topological polar surface area (TPSA) is 88.0 Å². The van der Waals surface area contributed by atoms with E-state index in [1.807, 2.05) is 17.3 Å². The Morgan fingerprint density at radius 1 is 1.23 bits per heavy atom. The van der Waals surface area contributed by atoms with Gasteiger partial charge in [0, 0.05) is 35.6 Å². The lowest BCUT2D eigenvalue weighted by Crippen LogP contribution is -2.38. The third kappa shape index (κ3) is 4.33. The summed E-state index contributed by atoms with van der Waals surface area (Å²) in [6, 6.07) is 10.9. The van der Waals surface area contributed by atoms with Gasteiger partial charge >= 0.3 is 0 Å². The molecule has 2 saturated carbocycles. The third-order valence-electron chi connectivity index (χ3n) is 6.70. The zero-order valence-corrected chi connectivity index (χ0v) is 19.7. The predicted octanol–water partition coefficient (Wildman–Crippen LogP) is 5.35. The molecule has 4 N–H and O–H groups in total. The Hall–Kier alpha value is -3.54. The van der Waals surface area contributed by atoms with Crippen LogP contribution in [0.3, 0.4) is 0 Å². The van der Waals surface area contributed by atoms with Crippen LogP contribution in [0.25, 0.3) is 10.9 Å². The minimum absolute atomic E-state index is 0.305. The molecular formula is C26H25ClFN7. The van der Waals surface area contributed by atoms with Gasteiger partial charge in [0.15, 0.2) is 0 Å². The van der Waals surface area contributed by atoms with Crippen LogP contribution in [0.1, 0.15) is 50.6 Å². The molecule has 0 saturated heterocycles. The average molecular weight is 491 g/mol. The molecule has 1 atom stereocenters. The fourth-order valence-corrected chi connectivity index (χ4v) is 4.66. The zero-order chi connectivity index (χ0) is 24.9. The lowest BCUT2D eigenvalue weighted by Gasteiger charge is -2.28. The molecule has 0 spiro atoms. The van der Waals surface area contributed by atoms with Gasteiger partial charge in [-0.2, -0.15) is 5.26 Å². The van der Waals surface area contributed by atoms with Crippen molar-refractivity contribution in [2.24, 2.45) is 0 Å². The fraction of sp³-hybridized carbons (Fsp3) is 0.308. The number of hydrogen-bond donors (Lipinski definition) is 4. The summed E-state index contributed by atoms with van der Waals surface area (Å²) in [7, 11) is 0. The largest absolute Gasteiger partial charge is 0.381 e. The van der Waals surface area contributed by atoms with Gasteiger partial charge < -0.3 is 16.1 Å². The summed E-state index contributed by atoms with van der Waals surface area (Å²) in [4.78, 5) is 4.43. The molecule has 0 radical (unpaired) electrons. The van der Waals surface area contributed by atoms with Crippen LogP contribution in [0.2, 0.25) is 5.02 Å². The van der Waals surface area contributed by atoms with Gasteiger partial charge in [-0.05, 0) is 61.9 Å². The molecule has 1 aliphatic heterocycles. The number of rotatable bonds is 7. The van der Waals surface area contributed by atoms with Crippen LogP contribution in [0.5, 0.6) is 0 Å². The molecule has 0 bridgehead atoms. The van der Waals surface area contributed by atoms with Gasteiger partial charge in [-0.25, -0.2) is 4.39 Å². The van der Waals surface area contributed by atoms with E-state index in [1.165, 1.54) is 12.1 Å². The number of nitrogens with one attached hydrogen (secondary N) is 4. The van der Waals surface area contributed by atoms with E-state index in [-0.39, 0.29) is 5.82 Å². The van der Waals surface area contributed by atoms with Gasteiger partial charge in [0.1, 0.15) is 11.9 Å². The maximum Gasteiger partial charge on any atom is 0.123 e. The first-order chi connectivity index (χ1) is 17.4. The monoisotopic (exact) mass is 490 g/mol. The molecule has 1 aromatic heterocycles. The van der Waals surface area contributed by atoms with E-state index in [2.05, 4.69) is 32.6 Å². The van der Waals surface area contributed by atoms with Crippen LogP contribution in [0.15, 0.2) is 54.5 Å². The van der Waals surface area contributed by atoms with Crippen molar-refractivity contribution in [2.45, 2.75) is 50.2 Å². The highest BCUT2D eigenvalue weighted by molar-refractivity contribution is 6.35. The van der Waals surface area contributed by atoms with Crippen LogP contribution >= 0.6 is 11.6 Å². The van der Waals surface area contributed by atoms with Crippen molar-refractivity contribution in [3.05, 3.63) is 76.5 Å². The molecule has 0 amide bonds. The Morgan fingerprint density at radius 3 is 2.71 bits per heavy atom. The Labute approximate surface area is 209 Å². The number of nitrogens with zero attached hydrogens (tertiary/aromatic N) is 3. The van der Waals surface area contributed by atoms with E-state index in [0.29, 0.717) is 56.2 Å². The number of nitriles is 1. The predicted molar refractivity (Wildman–Crippen MR) is 135 cm³/mol. The van der Waals surface area contributed by atoms with Gasteiger partial charge in [0.25, 0.3) is 0 Å². The summed E-state index contributed by atoms with van der Waals surface area (Å²) >= 11 is 6.67. The molecular weight excluding hydrogens is 465 g/mol. The van der Waals surface area contributed by atoms with Gasteiger partial charge in [0.05, 0.1) is 34.9 Å². The normalized spacial score (nSPS) is 19.7. The van der Waals surface area contributed by atoms with Crippen LogP contribution in [-0.2, 0) is 0 Å². The second-order valence-corrected chi connectivity index (χ2v) is 9.62. The minimum atomic E-state index is -1.48. The average Bonchev–Trinajstić information content (AvgIpc) is 3.57. The molecule has 2 aromatic carbocycles. The summed E-state index contributed by atoms with van der Waals surface area (Å²) in [5.74, 6) is -0.372. The van der Waals surface area contributed by atoms with E-state index in [1.54, 1.807) is 24.4 Å². The molecule has 7 nitrogen and oxygen atoms in total. The van der Waals surface area contributed by atoms with Gasteiger partial charge in [-0.1, -0.05) is 23.7 Å². The van der Waals surface area contributed by atoms with Gasteiger partial charge in [0.2, 0.25) is 0 Å². The summed E-state index contributed by atoms with van der Waals surface area (Å²) < 4.78 is 23.3. The van der Waals surface area contributed by atoms with Crippen molar-refractivity contribution < 1.29 is 5.76 Å². The van der Waals surface area contributed by atoms with Crippen LogP contribution in [0.4, 0.5) is 15.8 Å². The number of anilines is 2. The second kappa shape index (κ2) is 8.91. The first kappa shape index (κ1) is 20.8. The number of fused-ring (bicyclic) bond motifs is 1. The SMILES string of the molecule is [2H]C(Nc1cc(Cl)c2ncc(C#N)c(NC3CCC3)c2c1)(C1=CN(C2CC2)NN1)c1ccc(F)cc1. The van der Waals surface area contributed by atoms with E-state index in [9.17, 15) is 11.0 Å². The van der Waals surface area contributed by atoms with Gasteiger partial charge in [-0.3, -0.25) is 9.99 Å². The maximum absolute atomic E-state index is 13.7. The van der Waals surface area contributed by atoms with Crippen LogP contribution in [-0.4, -0.2) is 22.1 Å². The Bertz CT molecular complexity index is 1400. The molecule has 35 heavy (non-hydrogen) atoms. The maximum atomic E-state index is 13.7. The van der Waals surface area contributed by atoms with Crippen molar-refractivity contribution >= 4 is 33.9 Å². The smallest absolute Gasteiger partial charge is 0.123 e. The number of halogens is 2. The van der Waals surface area contributed by atoms with Crippen molar-refractivity contribution in [1.82, 2.24) is 21.0 Å². The number of hydrogen-bond acceptors (Lipinski definition) is 7. The number of pyridine rings is 1. The summed E-state index contributed by atoms with van der Waals surface area (Å²) in [6.45, 7) is 0. The van der Waals surface area contributed by atoms with Crippen molar-refractivity contribution in [3.8, 4) is 6.07 Å². The Morgan fingerprint density at radius 2 is 2.03 bits per heavy atom. The molecule has 2 heterocycles. The minimum Gasteiger partial charge on any atom is -0.381 e. The second-order valence-electron chi connectivity index (χ2n) is 9.21. The summed E-state index contributed by atoms with van der Waals surface area (Å²) in [6.07, 6.45) is 8.83. The fourth-order valence-electron chi connectivity index (χ4n) is 4.39. The van der Waals surface area contributed by atoms with Crippen LogP contribution < -0.4 is 21.6 Å². The van der Waals surface area contributed by atoms with Crippen LogP contribution in [0, 0.1) is 17.1 Å². The highest BCUT2D eigenvalue weighted by atomic mass is 35.5. The quantitative estimate of drug-likeness (QED) is 0.355. The molecule has 3 aliphatic rings. The standard InChI is InChI=1S/C26H25ClFN7/c27-22-11-19(10-21-24(31-18-2-1-3-18)16(12-29)13-30-26(21)22)32-25(15-4-6-17(28)7-5-15)23-14-35(34-33-23)20-8-9-20/h4-7,10-11,13-14,18,20,25,32-34H,1-3,8-9H2,(H,30,31)/i25D. The molecule has 9 heteroatoms. The summed E-state index contributed by atoms with van der Waals surface area (Å²) in [5, 5.41) is 19.6. The molecule has 3 aromatic rings. The van der Waals surface area contributed by atoms with Crippen molar-refractivity contribution in [3.63, 3.8) is 0 Å². The number of aromatic nitrogens is 1. The third-order valence-corrected chi connectivity index (χ3v) is 6.99. The molecule has 1 unspecified atom stereocenters. The first-order valence-electron chi connectivity index (χ1n) is 12.3. The molecule has 178 valence electrons. The van der Waals surface area contributed by atoms with Crippen molar-refractivity contribution in [2.75, 3.05) is 10.6 Å². The highest BCUT2D eigenvalue weighted by Gasteiger charge is 2.32. The molecule has 2 fully saturated rings. The van der Waals surface area contributed by atoms with E-state index in [0.717, 1.165) is 32.1 Å². The van der Waals surface area contributed by atoms with E-state index >= 15 is 0 Å². The Kier molecular flexibility index (Phi) is 5.30. The lowest BCUT2D eigenvalue weighted by atomic mass is 9.92. The lowest BCUT2D eigenvalue weighted by molar-refractivity contribution is 0.260. The van der Waals surface area contributed by atoms with E-state index < -0.39 is 6.02 Å². The van der Waals surface area contributed by atoms with E-state index in [4.69, 9.17) is 11.6 Å². The number of hydrazine groups is 2. The first-order valence-corrected chi connectivity index (χ1v) is 12.2. The van der Waals surface area contributed by atoms with Gasteiger partial charge in [-0.15, -0.1) is 5.53 Å². The highest BCUT2D eigenvalue weighted by Crippen LogP contribution is 2.37. The summed E-state index contributed by atoms with van der Waals surface area (Å²) in [5.41, 5.74) is 9.66. The molecule has 6 rings (SSSR count). The number of benzene rings is 2. The molecule has 2 aliphatic carbocycles. The Balaban J connectivity index is 1.44. The van der Waals surface area contributed by atoms with Crippen molar-refractivity contribution in [1.29, 1.82) is 5.26 Å². The zero-order valence-electron chi connectivity index (χ0n) is 19.9.